The van der Waals surface area contributed by atoms with Crippen molar-refractivity contribution in [1.82, 2.24) is 9.78 Å². The van der Waals surface area contributed by atoms with Gasteiger partial charge >= 0.3 is 0 Å². The van der Waals surface area contributed by atoms with Crippen LogP contribution in [-0.2, 0) is 4.74 Å². The predicted molar refractivity (Wildman–Crippen MR) is 79.0 cm³/mol. The summed E-state index contributed by atoms with van der Waals surface area (Å²) in [6, 6.07) is 0.574. The zero-order valence-corrected chi connectivity index (χ0v) is 12.8. The Bertz CT molecular complexity index is 532. The molecule has 1 saturated heterocycles. The lowest BCUT2D eigenvalue weighted by Crippen LogP contribution is -2.29. The topological polar surface area (TPSA) is 39.1 Å². The molecule has 3 heterocycles. The van der Waals surface area contributed by atoms with Gasteiger partial charge in [-0.25, -0.2) is 4.68 Å². The zero-order chi connectivity index (χ0) is 13.9. The Labute approximate surface area is 120 Å². The van der Waals surface area contributed by atoms with Crippen LogP contribution in [0.25, 0.3) is 0 Å². The Kier molecular flexibility index (Phi) is 2.69. The van der Waals surface area contributed by atoms with Gasteiger partial charge in [-0.1, -0.05) is 6.92 Å². The van der Waals surface area contributed by atoms with Crippen molar-refractivity contribution in [2.24, 2.45) is 5.41 Å². The lowest BCUT2D eigenvalue weighted by Gasteiger charge is -2.30. The van der Waals surface area contributed by atoms with E-state index in [9.17, 15) is 0 Å². The van der Waals surface area contributed by atoms with E-state index in [1.165, 1.54) is 36.3 Å². The minimum atomic E-state index is 0.206. The van der Waals surface area contributed by atoms with Gasteiger partial charge in [-0.2, -0.15) is 5.10 Å². The molecule has 4 heteroatoms. The van der Waals surface area contributed by atoms with Gasteiger partial charge in [0.1, 0.15) is 11.9 Å². The van der Waals surface area contributed by atoms with E-state index in [0.29, 0.717) is 17.6 Å². The molecule has 4 rings (SSSR count). The molecule has 2 fully saturated rings. The molecular weight excluding hydrogens is 250 g/mol. The molecule has 0 radical (unpaired) electrons. The third-order valence-corrected chi connectivity index (χ3v) is 5.57. The second-order valence-electron chi connectivity index (χ2n) is 7.20. The van der Waals surface area contributed by atoms with E-state index in [1.54, 1.807) is 0 Å². The first-order chi connectivity index (χ1) is 9.58. The number of anilines is 1. The fourth-order valence-corrected chi connectivity index (χ4v) is 3.91. The standard InChI is InChI=1S/C16H25N3O/c1-10-4-5-12(20-10)14-11(2)15-17-9-6-13(19(15)18-14)16(3)7-8-16/h10,12-13,17H,4-9H2,1-3H3. The molecule has 110 valence electrons. The molecule has 3 aliphatic rings. The van der Waals surface area contributed by atoms with Gasteiger partial charge in [0.05, 0.1) is 17.8 Å². The first-order valence-electron chi connectivity index (χ1n) is 8.07. The minimum absolute atomic E-state index is 0.206. The molecule has 1 aliphatic carbocycles. The van der Waals surface area contributed by atoms with E-state index in [1.807, 2.05) is 0 Å². The largest absolute Gasteiger partial charge is 0.370 e. The summed E-state index contributed by atoms with van der Waals surface area (Å²) in [6.07, 6.45) is 6.75. The second kappa shape index (κ2) is 4.23. The molecule has 1 N–H and O–H groups in total. The molecule has 0 aromatic carbocycles. The second-order valence-corrected chi connectivity index (χ2v) is 7.20. The molecule has 20 heavy (non-hydrogen) atoms. The summed E-state index contributed by atoms with van der Waals surface area (Å²) in [5.41, 5.74) is 2.96. The number of aromatic nitrogens is 2. The maximum Gasteiger partial charge on any atom is 0.127 e. The highest BCUT2D eigenvalue weighted by Crippen LogP contribution is 2.56. The summed E-state index contributed by atoms with van der Waals surface area (Å²) in [7, 11) is 0. The van der Waals surface area contributed by atoms with Crippen molar-refractivity contribution in [2.75, 3.05) is 11.9 Å². The Morgan fingerprint density at radius 3 is 2.75 bits per heavy atom. The molecule has 1 saturated carbocycles. The summed E-state index contributed by atoms with van der Waals surface area (Å²) in [5.74, 6) is 1.24. The quantitative estimate of drug-likeness (QED) is 0.896. The van der Waals surface area contributed by atoms with Crippen LogP contribution in [0.15, 0.2) is 0 Å². The average molecular weight is 275 g/mol. The summed E-state index contributed by atoms with van der Waals surface area (Å²) < 4.78 is 8.32. The highest BCUT2D eigenvalue weighted by Gasteiger charge is 2.48. The van der Waals surface area contributed by atoms with Gasteiger partial charge in [0, 0.05) is 12.1 Å². The van der Waals surface area contributed by atoms with Crippen LogP contribution in [0.2, 0.25) is 0 Å². The van der Waals surface area contributed by atoms with Crippen LogP contribution in [-0.4, -0.2) is 22.4 Å². The summed E-state index contributed by atoms with van der Waals surface area (Å²) in [6.45, 7) is 7.86. The molecule has 3 unspecified atom stereocenters. The van der Waals surface area contributed by atoms with Crippen molar-refractivity contribution >= 4 is 5.82 Å². The Hall–Kier alpha value is -1.03. The monoisotopic (exact) mass is 275 g/mol. The summed E-state index contributed by atoms with van der Waals surface area (Å²) in [4.78, 5) is 0. The van der Waals surface area contributed by atoms with Gasteiger partial charge < -0.3 is 10.1 Å². The molecule has 1 aromatic heterocycles. The molecule has 2 aliphatic heterocycles. The number of fused-ring (bicyclic) bond motifs is 1. The third-order valence-electron chi connectivity index (χ3n) is 5.57. The highest BCUT2D eigenvalue weighted by atomic mass is 16.5. The Morgan fingerprint density at radius 1 is 1.30 bits per heavy atom. The molecule has 0 spiro atoms. The van der Waals surface area contributed by atoms with E-state index in [-0.39, 0.29) is 6.10 Å². The van der Waals surface area contributed by atoms with Crippen molar-refractivity contribution in [3.05, 3.63) is 11.3 Å². The average Bonchev–Trinajstić information content (AvgIpc) is 2.89. The maximum atomic E-state index is 6.04. The smallest absolute Gasteiger partial charge is 0.127 e. The summed E-state index contributed by atoms with van der Waals surface area (Å²) in [5, 5.41) is 8.54. The van der Waals surface area contributed by atoms with Crippen LogP contribution in [0.1, 0.15) is 69.4 Å². The van der Waals surface area contributed by atoms with Gasteiger partial charge in [-0.3, -0.25) is 0 Å². The van der Waals surface area contributed by atoms with Gasteiger partial charge in [0.2, 0.25) is 0 Å². The molecule has 3 atom stereocenters. The Morgan fingerprint density at radius 2 is 2.10 bits per heavy atom. The van der Waals surface area contributed by atoms with Crippen molar-refractivity contribution in [3.8, 4) is 0 Å². The van der Waals surface area contributed by atoms with Crippen molar-refractivity contribution in [1.29, 1.82) is 0 Å². The minimum Gasteiger partial charge on any atom is -0.370 e. The maximum absolute atomic E-state index is 6.04. The number of ether oxygens (including phenoxy) is 1. The molecule has 0 bridgehead atoms. The van der Waals surface area contributed by atoms with Crippen LogP contribution in [0.5, 0.6) is 0 Å². The van der Waals surface area contributed by atoms with Crippen LogP contribution in [0.3, 0.4) is 0 Å². The van der Waals surface area contributed by atoms with Crippen molar-refractivity contribution < 1.29 is 4.74 Å². The molecule has 0 amide bonds. The molecular formula is C16H25N3O. The van der Waals surface area contributed by atoms with Crippen LogP contribution in [0.4, 0.5) is 5.82 Å². The predicted octanol–water partition coefficient (Wildman–Crippen LogP) is 3.59. The molecule has 4 nitrogen and oxygen atoms in total. The number of hydrogen-bond donors (Lipinski definition) is 1. The fraction of sp³-hybridized carbons (Fsp3) is 0.812. The van der Waals surface area contributed by atoms with Gasteiger partial charge in [-0.05, 0) is 51.4 Å². The lowest BCUT2D eigenvalue weighted by molar-refractivity contribution is 0.0519. The van der Waals surface area contributed by atoms with E-state index >= 15 is 0 Å². The van der Waals surface area contributed by atoms with E-state index in [2.05, 4.69) is 30.8 Å². The highest BCUT2D eigenvalue weighted by molar-refractivity contribution is 5.49. The van der Waals surface area contributed by atoms with E-state index < -0.39 is 0 Å². The number of hydrogen-bond acceptors (Lipinski definition) is 3. The van der Waals surface area contributed by atoms with Crippen molar-refractivity contribution in [3.63, 3.8) is 0 Å². The van der Waals surface area contributed by atoms with Crippen LogP contribution >= 0.6 is 0 Å². The first-order valence-corrected chi connectivity index (χ1v) is 8.07. The third kappa shape index (κ3) is 1.80. The van der Waals surface area contributed by atoms with Crippen LogP contribution in [0, 0.1) is 12.3 Å². The summed E-state index contributed by atoms with van der Waals surface area (Å²) >= 11 is 0. The number of rotatable bonds is 2. The van der Waals surface area contributed by atoms with Gasteiger partial charge in [0.15, 0.2) is 0 Å². The fourth-order valence-electron chi connectivity index (χ4n) is 3.91. The normalized spacial score (nSPS) is 34.6. The number of nitrogens with one attached hydrogen (secondary N) is 1. The van der Waals surface area contributed by atoms with E-state index in [0.717, 1.165) is 19.4 Å². The SMILES string of the molecule is Cc1c(C2CCC(C)O2)nn2c1NCCC2C1(C)CC1. The zero-order valence-electron chi connectivity index (χ0n) is 12.8. The Balaban J connectivity index is 1.71. The van der Waals surface area contributed by atoms with Crippen molar-refractivity contribution in [2.45, 2.75) is 71.1 Å². The number of nitrogens with zero attached hydrogens (tertiary/aromatic N) is 2. The molecule has 1 aromatic rings. The first kappa shape index (κ1) is 12.7. The van der Waals surface area contributed by atoms with E-state index in [4.69, 9.17) is 9.84 Å². The van der Waals surface area contributed by atoms with Crippen LogP contribution < -0.4 is 5.32 Å². The lowest BCUT2D eigenvalue weighted by atomic mass is 9.94. The van der Waals surface area contributed by atoms with Gasteiger partial charge in [-0.15, -0.1) is 0 Å². The van der Waals surface area contributed by atoms with Gasteiger partial charge in [0.25, 0.3) is 0 Å².